The first-order chi connectivity index (χ1) is 8.23. The van der Waals surface area contributed by atoms with Gasteiger partial charge in [-0.3, -0.25) is 9.59 Å². The second-order valence-corrected chi connectivity index (χ2v) is 4.74. The van der Waals surface area contributed by atoms with Crippen LogP contribution in [0.5, 0.6) is 0 Å². The van der Waals surface area contributed by atoms with Crippen LogP contribution in [0.25, 0.3) is 0 Å². The van der Waals surface area contributed by atoms with Gasteiger partial charge in [0.25, 0.3) is 5.78 Å². The Hall–Kier alpha value is -1.11. The Bertz CT molecular complexity index is 323. The van der Waals surface area contributed by atoms with Crippen LogP contribution in [0.4, 0.5) is 13.2 Å². The zero-order valence-corrected chi connectivity index (χ0v) is 10.3. The molecule has 104 valence electrons. The molecule has 1 aliphatic heterocycles. The van der Waals surface area contributed by atoms with Gasteiger partial charge in [0, 0.05) is 0 Å². The van der Waals surface area contributed by atoms with E-state index < -0.39 is 35.9 Å². The largest absolute Gasteiger partial charge is 0.452 e. The molecular weight excluding hydrogens is 249 g/mol. The normalized spacial score (nSPS) is 22.0. The van der Waals surface area contributed by atoms with Gasteiger partial charge in [0.1, 0.15) is 0 Å². The van der Waals surface area contributed by atoms with E-state index in [1.807, 2.05) is 0 Å². The fourth-order valence-electron chi connectivity index (χ4n) is 1.87. The Morgan fingerprint density at radius 3 is 2.33 bits per heavy atom. The summed E-state index contributed by atoms with van der Waals surface area (Å²) in [6.45, 7) is 3.60. The monoisotopic (exact) mass is 266 g/mol. The highest BCUT2D eigenvalue weighted by Crippen LogP contribution is 2.21. The van der Waals surface area contributed by atoms with Crippen LogP contribution in [-0.2, 0) is 9.59 Å². The first-order valence-corrected chi connectivity index (χ1v) is 5.88. The Morgan fingerprint density at radius 2 is 1.94 bits per heavy atom. The molecule has 1 saturated heterocycles. The van der Waals surface area contributed by atoms with Gasteiger partial charge in [-0.2, -0.15) is 13.2 Å². The Balaban J connectivity index is 2.68. The van der Waals surface area contributed by atoms with E-state index in [0.29, 0.717) is 13.0 Å². The Kier molecular flexibility index (Phi) is 4.72. The number of hydrogen-bond acceptors (Lipinski definition) is 3. The van der Waals surface area contributed by atoms with E-state index in [4.69, 9.17) is 0 Å². The maximum Gasteiger partial charge on any atom is 0.452 e. The van der Waals surface area contributed by atoms with Crippen molar-refractivity contribution in [1.82, 2.24) is 10.6 Å². The third-order valence-electron chi connectivity index (χ3n) is 2.90. The number of rotatable bonds is 4. The quantitative estimate of drug-likeness (QED) is 0.798. The molecule has 0 aromatic carbocycles. The number of amides is 1. The molecule has 7 heteroatoms. The summed E-state index contributed by atoms with van der Waals surface area (Å²) in [6, 6.07) is -2.01. The highest BCUT2D eigenvalue weighted by Gasteiger charge is 2.45. The van der Waals surface area contributed by atoms with Crippen LogP contribution in [0.15, 0.2) is 0 Å². The minimum Gasteiger partial charge on any atom is -0.344 e. The predicted molar refractivity (Wildman–Crippen MR) is 58.9 cm³/mol. The van der Waals surface area contributed by atoms with Crippen LogP contribution in [0.2, 0.25) is 0 Å². The SMILES string of the molecule is CC(C)[C@@H](NC(=O)C1CCCN1)C(=O)C(F)(F)F. The van der Waals surface area contributed by atoms with Crippen molar-refractivity contribution in [2.45, 2.75) is 44.9 Å². The molecule has 0 saturated carbocycles. The lowest BCUT2D eigenvalue weighted by atomic mass is 9.99. The summed E-state index contributed by atoms with van der Waals surface area (Å²) in [5, 5.41) is 5.07. The standard InChI is InChI=1S/C11H17F3N2O2/c1-6(2)8(9(17)11(12,13)14)16-10(18)7-4-3-5-15-7/h6-8,15H,3-5H2,1-2H3,(H,16,18)/t7?,8-/m1/s1. The van der Waals surface area contributed by atoms with Crippen LogP contribution in [0, 0.1) is 5.92 Å². The molecule has 0 aliphatic carbocycles. The molecule has 1 aliphatic rings. The number of Topliss-reactive ketones (excluding diaryl/α,β-unsaturated/α-hetero) is 1. The third kappa shape index (κ3) is 3.69. The van der Waals surface area contributed by atoms with Crippen LogP contribution < -0.4 is 10.6 Å². The third-order valence-corrected chi connectivity index (χ3v) is 2.90. The summed E-state index contributed by atoms with van der Waals surface area (Å²) in [5.74, 6) is -3.04. The number of nitrogens with one attached hydrogen (secondary N) is 2. The lowest BCUT2D eigenvalue weighted by molar-refractivity contribution is -0.175. The fourth-order valence-corrected chi connectivity index (χ4v) is 1.87. The van der Waals surface area contributed by atoms with E-state index in [-0.39, 0.29) is 0 Å². The fraction of sp³-hybridized carbons (Fsp3) is 0.818. The molecule has 4 nitrogen and oxygen atoms in total. The van der Waals surface area contributed by atoms with Crippen molar-refractivity contribution < 1.29 is 22.8 Å². The van der Waals surface area contributed by atoms with E-state index >= 15 is 0 Å². The number of ketones is 1. The summed E-state index contributed by atoms with van der Waals surface area (Å²) >= 11 is 0. The van der Waals surface area contributed by atoms with Gasteiger partial charge < -0.3 is 10.6 Å². The van der Waals surface area contributed by atoms with Gasteiger partial charge in [0.2, 0.25) is 5.91 Å². The van der Waals surface area contributed by atoms with E-state index in [0.717, 1.165) is 6.42 Å². The summed E-state index contributed by atoms with van der Waals surface area (Å²) in [6.07, 6.45) is -3.54. The summed E-state index contributed by atoms with van der Waals surface area (Å²) in [7, 11) is 0. The smallest absolute Gasteiger partial charge is 0.344 e. The minimum absolute atomic E-state index is 0.493. The van der Waals surface area contributed by atoms with Gasteiger partial charge in [0.05, 0.1) is 12.1 Å². The zero-order chi connectivity index (χ0) is 13.9. The van der Waals surface area contributed by atoms with Gasteiger partial charge in [-0.15, -0.1) is 0 Å². The van der Waals surface area contributed by atoms with E-state index in [9.17, 15) is 22.8 Å². The van der Waals surface area contributed by atoms with Crippen molar-refractivity contribution in [2.75, 3.05) is 6.54 Å². The van der Waals surface area contributed by atoms with Crippen LogP contribution in [-0.4, -0.2) is 36.5 Å². The first kappa shape index (κ1) is 14.9. The van der Waals surface area contributed by atoms with Crippen molar-refractivity contribution >= 4 is 11.7 Å². The maximum atomic E-state index is 12.4. The topological polar surface area (TPSA) is 58.2 Å². The van der Waals surface area contributed by atoms with E-state index in [1.165, 1.54) is 13.8 Å². The molecule has 1 heterocycles. The number of alkyl halides is 3. The summed E-state index contributed by atoms with van der Waals surface area (Å²) in [5.41, 5.74) is 0. The van der Waals surface area contributed by atoms with Gasteiger partial charge >= 0.3 is 6.18 Å². The van der Waals surface area contributed by atoms with Crippen molar-refractivity contribution in [3.8, 4) is 0 Å². The minimum atomic E-state index is -4.93. The molecule has 18 heavy (non-hydrogen) atoms. The summed E-state index contributed by atoms with van der Waals surface area (Å²) in [4.78, 5) is 22.9. The molecule has 0 aromatic rings. The first-order valence-electron chi connectivity index (χ1n) is 5.88. The van der Waals surface area contributed by atoms with Gasteiger partial charge in [-0.25, -0.2) is 0 Å². The average Bonchev–Trinajstić information content (AvgIpc) is 2.76. The molecule has 1 fully saturated rings. The predicted octanol–water partition coefficient (Wildman–Crippen LogP) is 1.01. The molecule has 2 atom stereocenters. The average molecular weight is 266 g/mol. The molecule has 1 unspecified atom stereocenters. The van der Waals surface area contributed by atoms with Crippen LogP contribution in [0.1, 0.15) is 26.7 Å². The van der Waals surface area contributed by atoms with Crippen molar-refractivity contribution in [1.29, 1.82) is 0 Å². The highest BCUT2D eigenvalue weighted by atomic mass is 19.4. The molecule has 0 bridgehead atoms. The van der Waals surface area contributed by atoms with Crippen LogP contribution in [0.3, 0.4) is 0 Å². The number of halogens is 3. The molecular formula is C11H17F3N2O2. The molecule has 0 spiro atoms. The second-order valence-electron chi connectivity index (χ2n) is 4.74. The zero-order valence-electron chi connectivity index (χ0n) is 10.3. The summed E-state index contributed by atoms with van der Waals surface area (Å²) < 4.78 is 37.1. The lowest BCUT2D eigenvalue weighted by Gasteiger charge is -2.23. The van der Waals surface area contributed by atoms with Crippen molar-refractivity contribution in [3.05, 3.63) is 0 Å². The van der Waals surface area contributed by atoms with Gasteiger partial charge in [-0.1, -0.05) is 13.8 Å². The highest BCUT2D eigenvalue weighted by molar-refractivity contribution is 5.94. The molecule has 1 amide bonds. The molecule has 0 radical (unpaired) electrons. The van der Waals surface area contributed by atoms with Crippen molar-refractivity contribution in [3.63, 3.8) is 0 Å². The van der Waals surface area contributed by atoms with Crippen molar-refractivity contribution in [2.24, 2.45) is 5.92 Å². The molecule has 2 N–H and O–H groups in total. The number of carbonyl (C=O) groups excluding carboxylic acids is 2. The molecule has 1 rings (SSSR count). The van der Waals surface area contributed by atoms with Gasteiger partial charge in [0.15, 0.2) is 0 Å². The Morgan fingerprint density at radius 1 is 1.33 bits per heavy atom. The number of carbonyl (C=O) groups is 2. The lowest BCUT2D eigenvalue weighted by Crippen LogP contribution is -2.53. The molecule has 0 aromatic heterocycles. The van der Waals surface area contributed by atoms with Crippen LogP contribution >= 0.6 is 0 Å². The van der Waals surface area contributed by atoms with E-state index in [2.05, 4.69) is 10.6 Å². The van der Waals surface area contributed by atoms with Gasteiger partial charge in [-0.05, 0) is 25.3 Å². The maximum absolute atomic E-state index is 12.4. The second kappa shape index (κ2) is 5.69. The van der Waals surface area contributed by atoms with E-state index in [1.54, 1.807) is 0 Å². The Labute approximate surface area is 103 Å². The number of hydrogen-bond donors (Lipinski definition) is 2.